The van der Waals surface area contributed by atoms with Crippen molar-refractivity contribution < 1.29 is 9.90 Å². The van der Waals surface area contributed by atoms with Gasteiger partial charge in [0.2, 0.25) is 0 Å². The van der Waals surface area contributed by atoms with Crippen LogP contribution in [0.3, 0.4) is 0 Å². The molecule has 0 saturated carbocycles. The highest BCUT2D eigenvalue weighted by Gasteiger charge is 2.31. The lowest BCUT2D eigenvalue weighted by Gasteiger charge is -2.35. The molecule has 0 aromatic rings. The van der Waals surface area contributed by atoms with Gasteiger partial charge in [-0.05, 0) is 56.3 Å². The van der Waals surface area contributed by atoms with Gasteiger partial charge in [-0.25, -0.2) is 0 Å². The zero-order chi connectivity index (χ0) is 16.8. The predicted octanol–water partition coefficient (Wildman–Crippen LogP) is 4.69. The lowest BCUT2D eigenvalue weighted by molar-refractivity contribution is -0.104. The molecule has 1 aliphatic carbocycles. The Hall–Kier alpha value is -1.67. The van der Waals surface area contributed by atoms with E-state index in [4.69, 9.17) is 0 Å². The second kappa shape index (κ2) is 8.09. The molecule has 1 atom stereocenters. The molecule has 0 aromatic heterocycles. The van der Waals surface area contributed by atoms with Crippen LogP contribution in [0, 0.1) is 5.41 Å². The molecule has 0 bridgehead atoms. The molecule has 0 aromatic carbocycles. The van der Waals surface area contributed by atoms with Crippen molar-refractivity contribution in [1.82, 2.24) is 0 Å². The number of hydrogen-bond donors (Lipinski definition) is 1. The molecule has 0 aliphatic heterocycles. The fraction of sp³-hybridized carbons (Fsp3) is 0.450. The molecule has 0 saturated heterocycles. The first-order valence-corrected chi connectivity index (χ1v) is 7.79. The van der Waals surface area contributed by atoms with Gasteiger partial charge in [0, 0.05) is 0 Å². The van der Waals surface area contributed by atoms with Crippen molar-refractivity contribution in [3.8, 4) is 0 Å². The SMILES string of the molecule is CC(C=CC=C(C)C=CC1=C(C)C[C@H](O)CC1(C)C)=CC=O. The molecule has 1 N–H and O–H groups in total. The van der Waals surface area contributed by atoms with Crippen LogP contribution < -0.4 is 0 Å². The molecule has 2 heteroatoms. The molecule has 0 radical (unpaired) electrons. The van der Waals surface area contributed by atoms with Crippen molar-refractivity contribution in [3.05, 3.63) is 58.7 Å². The van der Waals surface area contributed by atoms with Gasteiger partial charge in [-0.1, -0.05) is 55.4 Å². The third kappa shape index (κ3) is 5.61. The lowest BCUT2D eigenvalue weighted by Crippen LogP contribution is -2.28. The smallest absolute Gasteiger partial charge is 0.143 e. The van der Waals surface area contributed by atoms with Gasteiger partial charge < -0.3 is 5.11 Å². The Morgan fingerprint density at radius 1 is 1.18 bits per heavy atom. The Morgan fingerprint density at radius 2 is 1.82 bits per heavy atom. The minimum atomic E-state index is -0.223. The van der Waals surface area contributed by atoms with Crippen LogP contribution in [0.5, 0.6) is 0 Å². The Kier molecular flexibility index (Phi) is 6.76. The monoisotopic (exact) mass is 300 g/mol. The van der Waals surface area contributed by atoms with Crippen LogP contribution in [0.25, 0.3) is 0 Å². The van der Waals surface area contributed by atoms with Crippen molar-refractivity contribution in [1.29, 1.82) is 0 Å². The Bertz CT molecular complexity index is 554. The van der Waals surface area contributed by atoms with E-state index >= 15 is 0 Å². The van der Waals surface area contributed by atoms with Gasteiger partial charge in [-0.2, -0.15) is 0 Å². The summed E-state index contributed by atoms with van der Waals surface area (Å²) in [6.07, 6.45) is 13.9. The molecule has 0 fully saturated rings. The van der Waals surface area contributed by atoms with Crippen LogP contribution in [0.2, 0.25) is 0 Å². The van der Waals surface area contributed by atoms with Crippen LogP contribution in [-0.4, -0.2) is 17.5 Å². The third-order valence-electron chi connectivity index (χ3n) is 4.04. The first kappa shape index (κ1) is 18.4. The van der Waals surface area contributed by atoms with Crippen molar-refractivity contribution in [2.45, 2.75) is 53.6 Å². The number of rotatable bonds is 5. The molecule has 0 heterocycles. The highest BCUT2D eigenvalue weighted by atomic mass is 16.3. The predicted molar refractivity (Wildman–Crippen MR) is 93.6 cm³/mol. The first-order valence-electron chi connectivity index (χ1n) is 7.79. The summed E-state index contributed by atoms with van der Waals surface area (Å²) in [5.41, 5.74) is 4.69. The van der Waals surface area contributed by atoms with Crippen LogP contribution >= 0.6 is 0 Å². The van der Waals surface area contributed by atoms with E-state index in [1.54, 1.807) is 6.08 Å². The average molecular weight is 300 g/mol. The zero-order valence-corrected chi connectivity index (χ0v) is 14.4. The van der Waals surface area contributed by atoms with Gasteiger partial charge in [-0.15, -0.1) is 0 Å². The van der Waals surface area contributed by atoms with Crippen LogP contribution in [0.1, 0.15) is 47.5 Å². The summed E-state index contributed by atoms with van der Waals surface area (Å²) in [4.78, 5) is 10.3. The number of aliphatic hydroxyl groups excluding tert-OH is 1. The molecule has 1 rings (SSSR count). The molecular formula is C20H28O2. The number of carbonyl (C=O) groups excluding carboxylic acids is 1. The van der Waals surface area contributed by atoms with Crippen molar-refractivity contribution >= 4 is 6.29 Å². The molecule has 0 amide bonds. The molecule has 120 valence electrons. The summed E-state index contributed by atoms with van der Waals surface area (Å²) >= 11 is 0. The van der Waals surface area contributed by atoms with E-state index in [-0.39, 0.29) is 11.5 Å². The van der Waals surface area contributed by atoms with E-state index in [1.165, 1.54) is 11.1 Å². The average Bonchev–Trinajstić information content (AvgIpc) is 2.36. The summed E-state index contributed by atoms with van der Waals surface area (Å²) < 4.78 is 0. The highest BCUT2D eigenvalue weighted by molar-refractivity contribution is 5.66. The molecular weight excluding hydrogens is 272 g/mol. The van der Waals surface area contributed by atoms with Crippen LogP contribution in [-0.2, 0) is 4.79 Å². The molecule has 22 heavy (non-hydrogen) atoms. The zero-order valence-electron chi connectivity index (χ0n) is 14.4. The number of carbonyl (C=O) groups is 1. The van der Waals surface area contributed by atoms with Crippen LogP contribution in [0.4, 0.5) is 0 Å². The van der Waals surface area contributed by atoms with Gasteiger partial charge in [0.25, 0.3) is 0 Å². The van der Waals surface area contributed by atoms with E-state index in [0.29, 0.717) is 0 Å². The Balaban J connectivity index is 2.84. The molecule has 0 spiro atoms. The summed E-state index contributed by atoms with van der Waals surface area (Å²) in [7, 11) is 0. The fourth-order valence-corrected chi connectivity index (χ4v) is 2.96. The van der Waals surface area contributed by atoms with Gasteiger partial charge in [0.1, 0.15) is 6.29 Å². The standard InChI is InChI=1S/C20H28O2/c1-15(7-6-8-16(2)11-12-21)9-10-19-17(3)13-18(22)14-20(19,4)5/h6-12,18,22H,13-14H2,1-5H3/t18-/m0/s1. The van der Waals surface area contributed by atoms with Gasteiger partial charge >= 0.3 is 0 Å². The third-order valence-corrected chi connectivity index (χ3v) is 4.04. The number of allylic oxidation sites excluding steroid dienone is 9. The fourth-order valence-electron chi connectivity index (χ4n) is 2.96. The van der Waals surface area contributed by atoms with Gasteiger partial charge in [0.15, 0.2) is 0 Å². The van der Waals surface area contributed by atoms with Crippen molar-refractivity contribution in [3.63, 3.8) is 0 Å². The van der Waals surface area contributed by atoms with E-state index < -0.39 is 0 Å². The number of hydrogen-bond acceptors (Lipinski definition) is 2. The van der Waals surface area contributed by atoms with E-state index in [9.17, 15) is 9.90 Å². The summed E-state index contributed by atoms with van der Waals surface area (Å²) in [5.74, 6) is 0. The van der Waals surface area contributed by atoms with E-state index in [2.05, 4.69) is 39.8 Å². The van der Waals surface area contributed by atoms with Gasteiger partial charge in [-0.3, -0.25) is 4.79 Å². The largest absolute Gasteiger partial charge is 0.393 e. The Labute approximate surface area is 134 Å². The van der Waals surface area contributed by atoms with Crippen molar-refractivity contribution in [2.24, 2.45) is 5.41 Å². The maximum Gasteiger partial charge on any atom is 0.143 e. The number of aldehydes is 1. The second-order valence-corrected chi connectivity index (χ2v) is 6.79. The van der Waals surface area contributed by atoms with E-state index in [0.717, 1.165) is 30.3 Å². The minimum absolute atomic E-state index is 0.0116. The minimum Gasteiger partial charge on any atom is -0.393 e. The van der Waals surface area contributed by atoms with Crippen LogP contribution in [0.15, 0.2) is 58.7 Å². The topological polar surface area (TPSA) is 37.3 Å². The Morgan fingerprint density at radius 3 is 2.41 bits per heavy atom. The highest BCUT2D eigenvalue weighted by Crippen LogP contribution is 2.40. The lowest BCUT2D eigenvalue weighted by atomic mass is 9.71. The van der Waals surface area contributed by atoms with Crippen molar-refractivity contribution in [2.75, 3.05) is 0 Å². The maximum absolute atomic E-state index is 10.3. The number of aliphatic hydroxyl groups is 1. The summed E-state index contributed by atoms with van der Waals surface area (Å²) in [5, 5.41) is 9.91. The molecule has 2 nitrogen and oxygen atoms in total. The summed E-state index contributed by atoms with van der Waals surface area (Å²) in [6.45, 7) is 10.4. The summed E-state index contributed by atoms with van der Waals surface area (Å²) in [6, 6.07) is 0. The van der Waals surface area contributed by atoms with E-state index in [1.807, 2.05) is 25.2 Å². The second-order valence-electron chi connectivity index (χ2n) is 6.79. The normalized spacial score (nSPS) is 23.6. The quantitative estimate of drug-likeness (QED) is 0.454. The first-order chi connectivity index (χ1) is 10.3. The molecule has 1 aliphatic rings. The molecule has 0 unspecified atom stereocenters. The maximum atomic E-state index is 10.3. The van der Waals surface area contributed by atoms with Gasteiger partial charge in [0.05, 0.1) is 6.10 Å².